The van der Waals surface area contributed by atoms with Crippen molar-refractivity contribution in [2.24, 2.45) is 0 Å². The van der Waals surface area contributed by atoms with E-state index in [1.807, 2.05) is 67.9 Å². The fraction of sp³-hybridized carbons (Fsp3) is 0.273. The molecule has 28 heavy (non-hydrogen) atoms. The Morgan fingerprint density at radius 3 is 2.57 bits per heavy atom. The van der Waals surface area contributed by atoms with Gasteiger partial charge in [0.05, 0.1) is 30.6 Å². The van der Waals surface area contributed by atoms with Crippen molar-refractivity contribution in [2.45, 2.75) is 27.2 Å². The number of nitrogens with zero attached hydrogens (tertiary/aromatic N) is 3. The maximum Gasteiger partial charge on any atom is 0.231 e. The van der Waals surface area contributed by atoms with E-state index in [-0.39, 0.29) is 12.3 Å². The molecular weight excluding hydrogens is 374 g/mol. The van der Waals surface area contributed by atoms with E-state index < -0.39 is 0 Å². The Morgan fingerprint density at radius 1 is 1.18 bits per heavy atom. The molecule has 1 aromatic heterocycles. The first-order valence-corrected chi connectivity index (χ1v) is 9.42. The van der Waals surface area contributed by atoms with Crippen molar-refractivity contribution < 1.29 is 9.53 Å². The van der Waals surface area contributed by atoms with Crippen molar-refractivity contribution in [2.75, 3.05) is 19.1 Å². The Morgan fingerprint density at radius 2 is 1.89 bits per heavy atom. The number of hydrogen-bond acceptors (Lipinski definition) is 3. The first kappa shape index (κ1) is 20.0. The van der Waals surface area contributed by atoms with Crippen LogP contribution in [0.2, 0.25) is 5.02 Å². The van der Waals surface area contributed by atoms with Gasteiger partial charge in [0.1, 0.15) is 5.75 Å². The molecule has 0 aliphatic carbocycles. The lowest BCUT2D eigenvalue weighted by atomic mass is 10.1. The van der Waals surface area contributed by atoms with Crippen LogP contribution in [0.5, 0.6) is 5.75 Å². The third kappa shape index (κ3) is 3.76. The van der Waals surface area contributed by atoms with Crippen LogP contribution in [0.4, 0.5) is 5.69 Å². The van der Waals surface area contributed by atoms with Crippen LogP contribution in [0.25, 0.3) is 5.69 Å². The molecule has 3 aromatic rings. The minimum atomic E-state index is -0.0304. The highest BCUT2D eigenvalue weighted by Gasteiger charge is 2.20. The predicted molar refractivity (Wildman–Crippen MR) is 113 cm³/mol. The van der Waals surface area contributed by atoms with Gasteiger partial charge in [-0.05, 0) is 50.6 Å². The van der Waals surface area contributed by atoms with E-state index in [2.05, 4.69) is 5.10 Å². The number of halogens is 1. The van der Waals surface area contributed by atoms with Crippen LogP contribution in [0.1, 0.15) is 22.5 Å². The van der Waals surface area contributed by atoms with E-state index in [0.717, 1.165) is 33.9 Å². The number of aromatic nitrogens is 2. The largest absolute Gasteiger partial charge is 0.495 e. The number of rotatable bonds is 5. The van der Waals surface area contributed by atoms with Crippen LogP contribution in [-0.4, -0.2) is 29.8 Å². The minimum Gasteiger partial charge on any atom is -0.495 e. The summed E-state index contributed by atoms with van der Waals surface area (Å²) in [6.07, 6.45) is 0.256. The minimum absolute atomic E-state index is 0.0304. The number of anilines is 1. The van der Waals surface area contributed by atoms with Gasteiger partial charge in [-0.15, -0.1) is 0 Å². The van der Waals surface area contributed by atoms with Gasteiger partial charge < -0.3 is 9.64 Å². The van der Waals surface area contributed by atoms with Crippen LogP contribution >= 0.6 is 11.6 Å². The maximum atomic E-state index is 12.9. The quantitative estimate of drug-likeness (QED) is 0.628. The lowest BCUT2D eigenvalue weighted by molar-refractivity contribution is -0.117. The smallest absolute Gasteiger partial charge is 0.231 e. The fourth-order valence-corrected chi connectivity index (χ4v) is 3.38. The zero-order valence-electron chi connectivity index (χ0n) is 16.8. The molecule has 0 spiro atoms. The molecule has 0 atom stereocenters. The van der Waals surface area contributed by atoms with Gasteiger partial charge >= 0.3 is 0 Å². The van der Waals surface area contributed by atoms with Gasteiger partial charge in [0.25, 0.3) is 0 Å². The standard InChI is InChI=1S/C22H24ClN3O2/c1-14-10-11-17(12-19(14)23)26-16(3)18(15(2)24-26)13-22(27)25(4)20-8-6-7-9-21(20)28-5/h6-12H,13H2,1-5H3. The SMILES string of the molecule is COc1ccccc1N(C)C(=O)Cc1c(C)nn(-c2ccc(C)c(Cl)c2)c1C. The van der Waals surface area contributed by atoms with Gasteiger partial charge in [-0.3, -0.25) is 4.79 Å². The molecule has 3 rings (SSSR count). The van der Waals surface area contributed by atoms with Crippen molar-refractivity contribution in [3.63, 3.8) is 0 Å². The molecule has 0 aliphatic heterocycles. The Hall–Kier alpha value is -2.79. The highest BCUT2D eigenvalue weighted by molar-refractivity contribution is 6.31. The van der Waals surface area contributed by atoms with Gasteiger partial charge in [0, 0.05) is 23.3 Å². The van der Waals surface area contributed by atoms with Crippen molar-refractivity contribution in [3.05, 3.63) is 70.0 Å². The van der Waals surface area contributed by atoms with Gasteiger partial charge in [-0.1, -0.05) is 29.8 Å². The van der Waals surface area contributed by atoms with Crippen molar-refractivity contribution in [3.8, 4) is 11.4 Å². The molecule has 1 amide bonds. The maximum absolute atomic E-state index is 12.9. The first-order valence-electron chi connectivity index (χ1n) is 9.04. The number of ether oxygens (including phenoxy) is 1. The molecule has 0 radical (unpaired) electrons. The molecule has 5 nitrogen and oxygen atoms in total. The monoisotopic (exact) mass is 397 g/mol. The van der Waals surface area contributed by atoms with Crippen LogP contribution in [0.3, 0.4) is 0 Å². The third-order valence-corrected chi connectivity index (χ3v) is 5.40. The molecule has 0 N–H and O–H groups in total. The molecule has 6 heteroatoms. The predicted octanol–water partition coefficient (Wildman–Crippen LogP) is 4.67. The molecule has 0 saturated carbocycles. The Bertz CT molecular complexity index is 1030. The van der Waals surface area contributed by atoms with Crippen molar-refractivity contribution >= 4 is 23.2 Å². The second-order valence-electron chi connectivity index (χ2n) is 6.80. The summed E-state index contributed by atoms with van der Waals surface area (Å²) in [5.74, 6) is 0.633. The number of carbonyl (C=O) groups excluding carboxylic acids is 1. The molecule has 0 fully saturated rings. The zero-order valence-corrected chi connectivity index (χ0v) is 17.5. The number of likely N-dealkylation sites (N-methyl/N-ethyl adjacent to an activating group) is 1. The molecule has 146 valence electrons. The highest BCUT2D eigenvalue weighted by atomic mass is 35.5. The average molecular weight is 398 g/mol. The summed E-state index contributed by atoms with van der Waals surface area (Å²) in [6.45, 7) is 5.86. The Balaban J connectivity index is 1.89. The number of benzene rings is 2. The summed E-state index contributed by atoms with van der Waals surface area (Å²) in [5, 5.41) is 5.33. The molecular formula is C22H24ClN3O2. The lowest BCUT2D eigenvalue weighted by Crippen LogP contribution is -2.28. The fourth-order valence-electron chi connectivity index (χ4n) is 3.21. The van der Waals surface area contributed by atoms with Crippen LogP contribution in [0.15, 0.2) is 42.5 Å². The topological polar surface area (TPSA) is 47.4 Å². The first-order chi connectivity index (χ1) is 13.3. The summed E-state index contributed by atoms with van der Waals surface area (Å²) < 4.78 is 7.21. The van der Waals surface area contributed by atoms with E-state index >= 15 is 0 Å². The van der Waals surface area contributed by atoms with Crippen molar-refractivity contribution in [1.29, 1.82) is 0 Å². The summed E-state index contributed by atoms with van der Waals surface area (Å²) in [4.78, 5) is 14.6. The molecule has 0 saturated heterocycles. The van der Waals surface area contributed by atoms with E-state index in [1.54, 1.807) is 19.1 Å². The molecule has 0 aliphatic rings. The zero-order chi connectivity index (χ0) is 20.4. The second-order valence-corrected chi connectivity index (χ2v) is 7.20. The van der Waals surface area contributed by atoms with E-state index in [9.17, 15) is 4.79 Å². The second kappa shape index (κ2) is 8.07. The van der Waals surface area contributed by atoms with Crippen molar-refractivity contribution in [1.82, 2.24) is 9.78 Å². The van der Waals surface area contributed by atoms with E-state index in [0.29, 0.717) is 10.8 Å². The average Bonchev–Trinajstić information content (AvgIpc) is 2.97. The number of carbonyl (C=O) groups is 1. The summed E-state index contributed by atoms with van der Waals surface area (Å²) in [6, 6.07) is 13.3. The Labute approximate surface area is 170 Å². The van der Waals surface area contributed by atoms with Gasteiger partial charge in [0.15, 0.2) is 0 Å². The number of amides is 1. The lowest BCUT2D eigenvalue weighted by Gasteiger charge is -2.20. The van der Waals surface area contributed by atoms with E-state index in [4.69, 9.17) is 16.3 Å². The van der Waals surface area contributed by atoms with Crippen LogP contribution in [-0.2, 0) is 11.2 Å². The number of aryl methyl sites for hydroxylation is 2. The molecule has 0 unspecified atom stereocenters. The van der Waals surface area contributed by atoms with Crippen LogP contribution < -0.4 is 9.64 Å². The number of para-hydroxylation sites is 2. The molecule has 1 heterocycles. The molecule has 0 bridgehead atoms. The Kier molecular flexibility index (Phi) is 5.75. The summed E-state index contributed by atoms with van der Waals surface area (Å²) >= 11 is 6.27. The van der Waals surface area contributed by atoms with Gasteiger partial charge in [0.2, 0.25) is 5.91 Å². The van der Waals surface area contributed by atoms with Crippen LogP contribution in [0, 0.1) is 20.8 Å². The van der Waals surface area contributed by atoms with Gasteiger partial charge in [-0.25, -0.2) is 4.68 Å². The third-order valence-electron chi connectivity index (χ3n) is 4.99. The number of hydrogen-bond donors (Lipinski definition) is 0. The summed E-state index contributed by atoms with van der Waals surface area (Å²) in [5.41, 5.74) is 5.32. The summed E-state index contributed by atoms with van der Waals surface area (Å²) in [7, 11) is 3.36. The van der Waals surface area contributed by atoms with Gasteiger partial charge in [-0.2, -0.15) is 5.10 Å². The molecule has 2 aromatic carbocycles. The van der Waals surface area contributed by atoms with E-state index in [1.165, 1.54) is 0 Å². The number of methoxy groups -OCH3 is 1. The highest BCUT2D eigenvalue weighted by Crippen LogP contribution is 2.28. The normalized spacial score (nSPS) is 10.8.